The molecule has 0 bridgehead atoms. The number of benzene rings is 1. The van der Waals surface area contributed by atoms with Gasteiger partial charge in [0.2, 0.25) is 5.91 Å². The molecule has 6 nitrogen and oxygen atoms in total. The molecule has 0 aliphatic carbocycles. The molecule has 0 heterocycles. The zero-order valence-corrected chi connectivity index (χ0v) is 13.1. The van der Waals surface area contributed by atoms with E-state index >= 15 is 0 Å². The molecule has 1 aromatic carbocycles. The quantitative estimate of drug-likeness (QED) is 0.769. The number of ether oxygens (including phenoxy) is 1. The Morgan fingerprint density at radius 1 is 1.33 bits per heavy atom. The highest BCUT2D eigenvalue weighted by molar-refractivity contribution is 5.85. The van der Waals surface area contributed by atoms with Gasteiger partial charge in [-0.3, -0.25) is 9.59 Å². The lowest BCUT2D eigenvalue weighted by atomic mass is 10.2. The van der Waals surface area contributed by atoms with E-state index in [1.54, 1.807) is 26.2 Å². The van der Waals surface area contributed by atoms with Crippen LogP contribution < -0.4 is 15.8 Å². The van der Waals surface area contributed by atoms with Crippen molar-refractivity contribution < 1.29 is 14.3 Å². The van der Waals surface area contributed by atoms with Crippen LogP contribution in [0.25, 0.3) is 0 Å². The second-order valence-electron chi connectivity index (χ2n) is 4.54. The predicted molar refractivity (Wildman–Crippen MR) is 83.4 cm³/mol. The lowest BCUT2D eigenvalue weighted by Crippen LogP contribution is -2.27. The first-order valence-corrected chi connectivity index (χ1v) is 6.41. The molecule has 0 aliphatic heterocycles. The number of amides is 2. The summed E-state index contributed by atoms with van der Waals surface area (Å²) in [4.78, 5) is 24.2. The van der Waals surface area contributed by atoms with E-state index in [0.29, 0.717) is 25.3 Å². The van der Waals surface area contributed by atoms with Crippen molar-refractivity contribution >= 4 is 24.2 Å². The van der Waals surface area contributed by atoms with Crippen molar-refractivity contribution in [3.8, 4) is 5.75 Å². The maximum absolute atomic E-state index is 11.4. The van der Waals surface area contributed by atoms with Gasteiger partial charge in [-0.1, -0.05) is 12.1 Å². The predicted octanol–water partition coefficient (Wildman–Crippen LogP) is 0.540. The third-order valence-corrected chi connectivity index (χ3v) is 2.62. The van der Waals surface area contributed by atoms with Gasteiger partial charge < -0.3 is 20.7 Å². The largest absolute Gasteiger partial charge is 0.484 e. The topological polar surface area (TPSA) is 84.7 Å². The summed E-state index contributed by atoms with van der Waals surface area (Å²) in [6.07, 6.45) is 0.313. The second kappa shape index (κ2) is 10.0. The van der Waals surface area contributed by atoms with Gasteiger partial charge >= 0.3 is 0 Å². The number of rotatable bonds is 7. The van der Waals surface area contributed by atoms with Gasteiger partial charge in [-0.2, -0.15) is 0 Å². The molecule has 0 saturated carbocycles. The van der Waals surface area contributed by atoms with Crippen LogP contribution in [-0.4, -0.2) is 44.0 Å². The van der Waals surface area contributed by atoms with E-state index in [1.807, 2.05) is 12.1 Å². The summed E-state index contributed by atoms with van der Waals surface area (Å²) in [5.74, 6) is 0.416. The van der Waals surface area contributed by atoms with Crippen molar-refractivity contribution in [2.45, 2.75) is 13.0 Å². The number of carbonyl (C=O) groups is 2. The van der Waals surface area contributed by atoms with Gasteiger partial charge in [-0.15, -0.1) is 12.4 Å². The zero-order valence-electron chi connectivity index (χ0n) is 12.3. The van der Waals surface area contributed by atoms with E-state index in [4.69, 9.17) is 10.5 Å². The van der Waals surface area contributed by atoms with E-state index in [2.05, 4.69) is 5.32 Å². The standard InChI is InChI=1S/C14H21N3O3.ClH/c1-17(2)14(19)10-20-12-5-3-4-11(8-12)9-16-13(18)6-7-15;/h3-5,8H,6-7,9-10,15H2,1-2H3,(H,16,18);1H. The first kappa shape index (κ1) is 19.2. The van der Waals surface area contributed by atoms with Gasteiger partial charge in [-0.25, -0.2) is 0 Å². The number of nitrogens with two attached hydrogens (primary N) is 1. The van der Waals surface area contributed by atoms with Gasteiger partial charge in [0.15, 0.2) is 6.61 Å². The number of likely N-dealkylation sites (N-methyl/N-ethyl adjacent to an activating group) is 1. The Morgan fingerprint density at radius 2 is 2.05 bits per heavy atom. The number of carbonyl (C=O) groups excluding carboxylic acids is 2. The highest BCUT2D eigenvalue weighted by Gasteiger charge is 2.05. The molecule has 118 valence electrons. The van der Waals surface area contributed by atoms with Crippen molar-refractivity contribution in [3.05, 3.63) is 29.8 Å². The first-order valence-electron chi connectivity index (χ1n) is 6.41. The highest BCUT2D eigenvalue weighted by Crippen LogP contribution is 2.13. The molecule has 0 aliphatic rings. The van der Waals surface area contributed by atoms with Crippen molar-refractivity contribution in [1.82, 2.24) is 10.2 Å². The average Bonchev–Trinajstić information content (AvgIpc) is 2.43. The lowest BCUT2D eigenvalue weighted by molar-refractivity contribution is -0.130. The molecule has 0 radical (unpaired) electrons. The van der Waals surface area contributed by atoms with Gasteiger partial charge in [0.1, 0.15) is 5.75 Å². The normalized spacial score (nSPS) is 9.48. The Bertz CT molecular complexity index is 467. The second-order valence-corrected chi connectivity index (χ2v) is 4.54. The van der Waals surface area contributed by atoms with Crippen LogP contribution in [0.15, 0.2) is 24.3 Å². The van der Waals surface area contributed by atoms with Gasteiger partial charge in [0.05, 0.1) is 0 Å². The fourth-order valence-corrected chi connectivity index (χ4v) is 1.44. The Morgan fingerprint density at radius 3 is 2.67 bits per heavy atom. The van der Waals surface area contributed by atoms with E-state index in [9.17, 15) is 9.59 Å². The molecular weight excluding hydrogens is 294 g/mol. The van der Waals surface area contributed by atoms with Gasteiger partial charge in [-0.05, 0) is 17.7 Å². The summed E-state index contributed by atoms with van der Waals surface area (Å²) in [5, 5.41) is 2.76. The lowest BCUT2D eigenvalue weighted by Gasteiger charge is -2.12. The molecule has 7 heteroatoms. The van der Waals surface area contributed by atoms with Crippen LogP contribution in [0.4, 0.5) is 0 Å². The van der Waals surface area contributed by atoms with E-state index in [1.165, 1.54) is 4.90 Å². The molecule has 21 heavy (non-hydrogen) atoms. The molecule has 0 spiro atoms. The molecule has 0 atom stereocenters. The Balaban J connectivity index is 0.00000400. The highest BCUT2D eigenvalue weighted by atomic mass is 35.5. The Labute approximate surface area is 131 Å². The minimum Gasteiger partial charge on any atom is -0.484 e. The molecule has 3 N–H and O–H groups in total. The number of hydrogen-bond donors (Lipinski definition) is 2. The number of hydrogen-bond acceptors (Lipinski definition) is 4. The summed E-state index contributed by atoms with van der Waals surface area (Å²) in [7, 11) is 3.35. The van der Waals surface area contributed by atoms with E-state index in [-0.39, 0.29) is 30.8 Å². The molecule has 0 aromatic heterocycles. The third kappa shape index (κ3) is 7.53. The minimum atomic E-state index is -0.105. The Hall–Kier alpha value is -1.79. The SMILES string of the molecule is CN(C)C(=O)COc1cccc(CNC(=O)CCN)c1.Cl. The van der Waals surface area contributed by atoms with Crippen LogP contribution in [0.5, 0.6) is 5.75 Å². The summed E-state index contributed by atoms with van der Waals surface area (Å²) in [6, 6.07) is 7.27. The Kier molecular flexibility index (Phi) is 9.16. The maximum atomic E-state index is 11.4. The summed E-state index contributed by atoms with van der Waals surface area (Å²) < 4.78 is 5.40. The van der Waals surface area contributed by atoms with Crippen LogP contribution >= 0.6 is 12.4 Å². The van der Waals surface area contributed by atoms with Crippen LogP contribution in [0, 0.1) is 0 Å². The summed E-state index contributed by atoms with van der Waals surface area (Å²) in [6.45, 7) is 0.745. The fourth-order valence-electron chi connectivity index (χ4n) is 1.44. The van der Waals surface area contributed by atoms with Crippen LogP contribution in [0.2, 0.25) is 0 Å². The molecule has 1 rings (SSSR count). The smallest absolute Gasteiger partial charge is 0.259 e. The average molecular weight is 316 g/mol. The molecule has 0 saturated heterocycles. The van der Waals surface area contributed by atoms with Crippen molar-refractivity contribution in [3.63, 3.8) is 0 Å². The van der Waals surface area contributed by atoms with Crippen molar-refractivity contribution in [1.29, 1.82) is 0 Å². The van der Waals surface area contributed by atoms with Crippen LogP contribution in [-0.2, 0) is 16.1 Å². The van der Waals surface area contributed by atoms with E-state index in [0.717, 1.165) is 5.56 Å². The fraction of sp³-hybridized carbons (Fsp3) is 0.429. The third-order valence-electron chi connectivity index (χ3n) is 2.62. The van der Waals surface area contributed by atoms with Gasteiger partial charge in [0.25, 0.3) is 5.91 Å². The molecule has 0 unspecified atom stereocenters. The van der Waals surface area contributed by atoms with Crippen LogP contribution in [0.1, 0.15) is 12.0 Å². The molecular formula is C14H22ClN3O3. The van der Waals surface area contributed by atoms with Crippen LogP contribution in [0.3, 0.4) is 0 Å². The maximum Gasteiger partial charge on any atom is 0.259 e. The van der Waals surface area contributed by atoms with Crippen molar-refractivity contribution in [2.75, 3.05) is 27.2 Å². The molecule has 0 fully saturated rings. The van der Waals surface area contributed by atoms with E-state index < -0.39 is 0 Å². The first-order chi connectivity index (χ1) is 9.52. The zero-order chi connectivity index (χ0) is 15.0. The summed E-state index contributed by atoms with van der Waals surface area (Å²) in [5.41, 5.74) is 6.21. The summed E-state index contributed by atoms with van der Waals surface area (Å²) >= 11 is 0. The minimum absolute atomic E-state index is 0. The molecule has 2 amide bonds. The number of nitrogens with one attached hydrogen (secondary N) is 1. The van der Waals surface area contributed by atoms with Gasteiger partial charge in [0, 0.05) is 33.6 Å². The van der Waals surface area contributed by atoms with Crippen molar-refractivity contribution in [2.24, 2.45) is 5.73 Å². The number of halogens is 1. The molecule has 1 aromatic rings. The monoisotopic (exact) mass is 315 g/mol. The number of nitrogens with zero attached hydrogens (tertiary/aromatic N) is 1.